The number of benzene rings is 1. The smallest absolute Gasteiger partial charge is 0.340 e. The number of rotatable bonds is 3. The van der Waals surface area contributed by atoms with Crippen molar-refractivity contribution in [2.45, 2.75) is 13.2 Å². The molecule has 1 rings (SSSR count). The van der Waals surface area contributed by atoms with Crippen molar-refractivity contribution in [3.05, 3.63) is 35.9 Å². The Bertz CT molecular complexity index is 269. The molecule has 1 atom stereocenters. The number of hydrogen-bond acceptors (Lipinski definition) is 3. The zero-order valence-corrected chi connectivity index (χ0v) is 7.61. The van der Waals surface area contributed by atoms with E-state index in [2.05, 4.69) is 6.07 Å². The molecule has 0 N–H and O–H groups in total. The predicted octanol–water partition coefficient (Wildman–Crippen LogP) is 1.64. The topological polar surface area (TPSA) is 35.5 Å². The third-order valence-corrected chi connectivity index (χ3v) is 1.55. The molecule has 0 fully saturated rings. The first-order chi connectivity index (χ1) is 6.24. The van der Waals surface area contributed by atoms with E-state index in [0.717, 1.165) is 0 Å². The van der Waals surface area contributed by atoms with Gasteiger partial charge >= 0.3 is 5.97 Å². The molecule has 0 aliphatic heterocycles. The van der Waals surface area contributed by atoms with Crippen molar-refractivity contribution >= 4 is 5.97 Å². The molecule has 1 radical (unpaired) electrons. The highest BCUT2D eigenvalue weighted by atomic mass is 16.7. The largest absolute Gasteiger partial charge is 0.432 e. The number of methoxy groups -OCH3 is 1. The molecule has 3 nitrogen and oxygen atoms in total. The molecular formula is C10H11O3. The predicted molar refractivity (Wildman–Crippen MR) is 47.2 cm³/mol. The molecule has 0 amide bonds. The lowest BCUT2D eigenvalue weighted by molar-refractivity contribution is -0.0773. The van der Waals surface area contributed by atoms with Gasteiger partial charge in [-0.25, -0.2) is 4.79 Å². The Labute approximate surface area is 77.3 Å². The minimum Gasteiger partial charge on any atom is -0.432 e. The van der Waals surface area contributed by atoms with E-state index in [1.54, 1.807) is 31.2 Å². The van der Waals surface area contributed by atoms with Gasteiger partial charge < -0.3 is 9.47 Å². The maximum absolute atomic E-state index is 11.3. The van der Waals surface area contributed by atoms with Gasteiger partial charge in [-0.2, -0.15) is 0 Å². The minimum atomic E-state index is -0.521. The number of ether oxygens (including phenoxy) is 2. The van der Waals surface area contributed by atoms with Crippen LogP contribution in [-0.2, 0) is 9.47 Å². The molecule has 0 aromatic heterocycles. The second kappa shape index (κ2) is 4.62. The summed E-state index contributed by atoms with van der Waals surface area (Å²) in [5, 5.41) is 0. The standard InChI is InChI=1S/C10H11O3/c1-8(12-2)13-10(11)9-6-4-3-5-7-9/h3-4,6-8H,1-2H3. The molecule has 0 bridgehead atoms. The monoisotopic (exact) mass is 179 g/mol. The summed E-state index contributed by atoms with van der Waals surface area (Å²) in [7, 11) is 1.48. The van der Waals surface area contributed by atoms with Crippen molar-refractivity contribution in [1.82, 2.24) is 0 Å². The lowest BCUT2D eigenvalue weighted by Crippen LogP contribution is -2.16. The summed E-state index contributed by atoms with van der Waals surface area (Å²) in [6.07, 6.45) is -0.521. The van der Waals surface area contributed by atoms with Gasteiger partial charge in [0.15, 0.2) is 6.29 Å². The summed E-state index contributed by atoms with van der Waals surface area (Å²) in [4.78, 5) is 11.3. The average molecular weight is 179 g/mol. The molecule has 69 valence electrons. The molecular weight excluding hydrogens is 168 g/mol. The summed E-state index contributed by atoms with van der Waals surface area (Å²) in [5.41, 5.74) is 0.478. The molecule has 0 spiro atoms. The van der Waals surface area contributed by atoms with Crippen molar-refractivity contribution in [3.63, 3.8) is 0 Å². The van der Waals surface area contributed by atoms with Gasteiger partial charge in [-0.05, 0) is 25.1 Å². The second-order valence-corrected chi connectivity index (χ2v) is 2.50. The molecule has 0 aliphatic carbocycles. The molecule has 3 heteroatoms. The van der Waals surface area contributed by atoms with Gasteiger partial charge in [-0.1, -0.05) is 12.1 Å². The Morgan fingerprint density at radius 2 is 2.38 bits per heavy atom. The summed E-state index contributed by atoms with van der Waals surface area (Å²) < 4.78 is 9.69. The van der Waals surface area contributed by atoms with Gasteiger partial charge in [0.2, 0.25) is 0 Å². The van der Waals surface area contributed by atoms with Crippen molar-refractivity contribution in [2.75, 3.05) is 7.11 Å². The Kier molecular flexibility index (Phi) is 3.46. The van der Waals surface area contributed by atoms with Crippen LogP contribution >= 0.6 is 0 Å². The molecule has 1 unspecified atom stereocenters. The highest BCUT2D eigenvalue weighted by Gasteiger charge is 2.09. The number of esters is 1. The van der Waals surface area contributed by atoms with Gasteiger partial charge in [-0.3, -0.25) is 0 Å². The van der Waals surface area contributed by atoms with Crippen LogP contribution in [0, 0.1) is 6.07 Å². The van der Waals surface area contributed by atoms with E-state index >= 15 is 0 Å². The van der Waals surface area contributed by atoms with E-state index < -0.39 is 12.3 Å². The van der Waals surface area contributed by atoms with E-state index in [4.69, 9.17) is 9.47 Å². The third-order valence-electron chi connectivity index (χ3n) is 1.55. The van der Waals surface area contributed by atoms with Crippen LogP contribution in [0.25, 0.3) is 0 Å². The van der Waals surface area contributed by atoms with Crippen LogP contribution in [-0.4, -0.2) is 19.4 Å². The van der Waals surface area contributed by atoms with Crippen LogP contribution in [0.5, 0.6) is 0 Å². The fourth-order valence-corrected chi connectivity index (χ4v) is 0.787. The van der Waals surface area contributed by atoms with Gasteiger partial charge in [0.1, 0.15) is 0 Å². The third kappa shape index (κ3) is 2.87. The molecule has 13 heavy (non-hydrogen) atoms. The van der Waals surface area contributed by atoms with E-state index in [9.17, 15) is 4.79 Å². The first kappa shape index (κ1) is 9.74. The van der Waals surface area contributed by atoms with Gasteiger partial charge in [0.25, 0.3) is 0 Å². The molecule has 1 aromatic rings. The van der Waals surface area contributed by atoms with Crippen LogP contribution in [0.1, 0.15) is 17.3 Å². The van der Waals surface area contributed by atoms with E-state index in [1.807, 2.05) is 0 Å². The first-order valence-corrected chi connectivity index (χ1v) is 3.94. The van der Waals surface area contributed by atoms with Gasteiger partial charge in [0, 0.05) is 7.11 Å². The van der Waals surface area contributed by atoms with Crippen LogP contribution in [0.15, 0.2) is 24.3 Å². The van der Waals surface area contributed by atoms with Crippen molar-refractivity contribution < 1.29 is 14.3 Å². The maximum Gasteiger partial charge on any atom is 0.340 e. The maximum atomic E-state index is 11.3. The zero-order chi connectivity index (χ0) is 9.68. The number of hydrogen-bond donors (Lipinski definition) is 0. The SMILES string of the molecule is COC(C)OC(=O)c1c[c]ccc1. The Balaban J connectivity index is 2.59. The normalized spacial score (nSPS) is 12.2. The fraction of sp³-hybridized carbons (Fsp3) is 0.300. The summed E-state index contributed by atoms with van der Waals surface area (Å²) in [6.45, 7) is 1.66. The van der Waals surface area contributed by atoms with Crippen molar-refractivity contribution in [3.8, 4) is 0 Å². The van der Waals surface area contributed by atoms with E-state index in [-0.39, 0.29) is 0 Å². The highest BCUT2D eigenvalue weighted by molar-refractivity contribution is 5.89. The minimum absolute atomic E-state index is 0.397. The highest BCUT2D eigenvalue weighted by Crippen LogP contribution is 2.03. The van der Waals surface area contributed by atoms with E-state index in [0.29, 0.717) is 5.56 Å². The summed E-state index contributed by atoms with van der Waals surface area (Å²) in [5.74, 6) is -0.397. The summed E-state index contributed by atoms with van der Waals surface area (Å²) >= 11 is 0. The Hall–Kier alpha value is -1.35. The first-order valence-electron chi connectivity index (χ1n) is 3.94. The quantitative estimate of drug-likeness (QED) is 0.522. The number of carbonyl (C=O) groups excluding carboxylic acids is 1. The average Bonchev–Trinajstić information content (AvgIpc) is 2.19. The lowest BCUT2D eigenvalue weighted by Gasteiger charge is -2.10. The van der Waals surface area contributed by atoms with Crippen LogP contribution in [0.2, 0.25) is 0 Å². The molecule has 0 aliphatic rings. The second-order valence-electron chi connectivity index (χ2n) is 2.50. The summed E-state index contributed by atoms with van der Waals surface area (Å²) in [6, 6.07) is 9.48. The van der Waals surface area contributed by atoms with Crippen molar-refractivity contribution in [1.29, 1.82) is 0 Å². The fourth-order valence-electron chi connectivity index (χ4n) is 0.787. The molecule has 1 aromatic carbocycles. The van der Waals surface area contributed by atoms with Crippen LogP contribution in [0.4, 0.5) is 0 Å². The lowest BCUT2D eigenvalue weighted by atomic mass is 10.2. The van der Waals surface area contributed by atoms with Crippen molar-refractivity contribution in [2.24, 2.45) is 0 Å². The molecule has 0 heterocycles. The Morgan fingerprint density at radius 1 is 1.62 bits per heavy atom. The van der Waals surface area contributed by atoms with Gasteiger partial charge in [-0.15, -0.1) is 0 Å². The molecule has 0 saturated heterocycles. The zero-order valence-electron chi connectivity index (χ0n) is 7.61. The number of carbonyl (C=O) groups is 1. The molecule has 0 saturated carbocycles. The Morgan fingerprint density at radius 3 is 2.92 bits per heavy atom. The van der Waals surface area contributed by atoms with Crippen LogP contribution in [0.3, 0.4) is 0 Å². The van der Waals surface area contributed by atoms with Gasteiger partial charge in [0.05, 0.1) is 5.56 Å². The van der Waals surface area contributed by atoms with E-state index in [1.165, 1.54) is 7.11 Å². The van der Waals surface area contributed by atoms with Crippen LogP contribution < -0.4 is 0 Å².